The van der Waals surface area contributed by atoms with Gasteiger partial charge in [-0.3, -0.25) is 5.01 Å². The summed E-state index contributed by atoms with van der Waals surface area (Å²) in [5, 5.41) is 7.00. The molecule has 2 heterocycles. The van der Waals surface area contributed by atoms with Gasteiger partial charge in [0.1, 0.15) is 17.6 Å². The summed E-state index contributed by atoms with van der Waals surface area (Å²) >= 11 is 0. The molecule has 1 unspecified atom stereocenters. The third-order valence-corrected chi connectivity index (χ3v) is 4.21. The van der Waals surface area contributed by atoms with Gasteiger partial charge < -0.3 is 9.32 Å². The molecule has 1 atom stereocenters. The lowest BCUT2D eigenvalue weighted by Gasteiger charge is -2.22. The SMILES string of the molecule is Cc1ccc(N2N=C(CCN(C)C)CC2c2ccc(C)o2)cc1.Cl. The van der Waals surface area contributed by atoms with Crippen LogP contribution in [-0.2, 0) is 0 Å². The molecule has 2 aromatic rings. The zero-order valence-electron chi connectivity index (χ0n) is 14.8. The maximum Gasteiger partial charge on any atom is 0.129 e. The molecule has 3 rings (SSSR count). The van der Waals surface area contributed by atoms with Crippen molar-refractivity contribution in [1.29, 1.82) is 0 Å². The van der Waals surface area contributed by atoms with E-state index in [1.54, 1.807) is 0 Å². The first-order valence-electron chi connectivity index (χ1n) is 8.16. The minimum atomic E-state index is 0. The second kappa shape index (κ2) is 7.86. The Balaban J connectivity index is 0.00000208. The molecule has 1 aromatic heterocycles. The molecule has 0 saturated carbocycles. The third kappa shape index (κ3) is 4.19. The van der Waals surface area contributed by atoms with Crippen molar-refractivity contribution in [2.75, 3.05) is 25.6 Å². The zero-order chi connectivity index (χ0) is 16.4. The number of hydrogen-bond donors (Lipinski definition) is 0. The van der Waals surface area contributed by atoms with Crippen LogP contribution in [0.2, 0.25) is 0 Å². The fraction of sp³-hybridized carbons (Fsp3) is 0.421. The molecule has 1 aliphatic heterocycles. The van der Waals surface area contributed by atoms with Crippen LogP contribution in [-0.4, -0.2) is 31.3 Å². The van der Waals surface area contributed by atoms with Crippen LogP contribution in [0.4, 0.5) is 5.69 Å². The summed E-state index contributed by atoms with van der Waals surface area (Å²) < 4.78 is 5.89. The van der Waals surface area contributed by atoms with Gasteiger partial charge >= 0.3 is 0 Å². The van der Waals surface area contributed by atoms with Crippen molar-refractivity contribution in [3.63, 3.8) is 0 Å². The van der Waals surface area contributed by atoms with Crippen molar-refractivity contribution in [1.82, 2.24) is 4.90 Å². The second-order valence-corrected chi connectivity index (χ2v) is 6.57. The van der Waals surface area contributed by atoms with E-state index in [2.05, 4.69) is 61.3 Å². The minimum Gasteiger partial charge on any atom is -0.464 e. The van der Waals surface area contributed by atoms with Gasteiger partial charge in [0.15, 0.2) is 0 Å². The summed E-state index contributed by atoms with van der Waals surface area (Å²) in [5.41, 5.74) is 3.61. The normalized spacial score (nSPS) is 17.1. The molecule has 1 aromatic carbocycles. The van der Waals surface area contributed by atoms with Crippen molar-refractivity contribution >= 4 is 23.8 Å². The smallest absolute Gasteiger partial charge is 0.129 e. The maximum absolute atomic E-state index is 5.89. The number of halogens is 1. The van der Waals surface area contributed by atoms with Crippen LogP contribution in [0, 0.1) is 13.8 Å². The van der Waals surface area contributed by atoms with Crippen molar-refractivity contribution in [2.45, 2.75) is 32.7 Å². The van der Waals surface area contributed by atoms with Crippen LogP contribution in [0.5, 0.6) is 0 Å². The molecule has 0 amide bonds. The fourth-order valence-corrected chi connectivity index (χ4v) is 2.87. The zero-order valence-corrected chi connectivity index (χ0v) is 15.6. The summed E-state index contributed by atoms with van der Waals surface area (Å²) in [6.45, 7) is 5.11. The van der Waals surface area contributed by atoms with Crippen LogP contribution < -0.4 is 5.01 Å². The average Bonchev–Trinajstić information content (AvgIpc) is 3.12. The van der Waals surface area contributed by atoms with Gasteiger partial charge in [-0.25, -0.2) is 0 Å². The van der Waals surface area contributed by atoms with E-state index in [-0.39, 0.29) is 18.4 Å². The summed E-state index contributed by atoms with van der Waals surface area (Å²) in [4.78, 5) is 2.20. The van der Waals surface area contributed by atoms with Gasteiger partial charge in [0.2, 0.25) is 0 Å². The molecular formula is C19H26ClN3O. The summed E-state index contributed by atoms with van der Waals surface area (Å²) in [7, 11) is 4.20. The Kier molecular flexibility index (Phi) is 6.08. The number of benzene rings is 1. The van der Waals surface area contributed by atoms with Gasteiger partial charge in [0.05, 0.1) is 5.69 Å². The lowest BCUT2D eigenvalue weighted by Crippen LogP contribution is -2.18. The van der Waals surface area contributed by atoms with E-state index >= 15 is 0 Å². The Morgan fingerprint density at radius 3 is 2.42 bits per heavy atom. The van der Waals surface area contributed by atoms with Gasteiger partial charge in [0, 0.05) is 25.1 Å². The first-order chi connectivity index (χ1) is 11.0. The van der Waals surface area contributed by atoms with Gasteiger partial charge in [-0.2, -0.15) is 5.10 Å². The number of aryl methyl sites for hydroxylation is 2. The topological polar surface area (TPSA) is 32.0 Å². The highest BCUT2D eigenvalue weighted by Crippen LogP contribution is 2.36. The van der Waals surface area contributed by atoms with Crippen molar-refractivity contribution in [3.05, 3.63) is 53.5 Å². The third-order valence-electron chi connectivity index (χ3n) is 4.21. The van der Waals surface area contributed by atoms with E-state index in [1.807, 2.05) is 13.0 Å². The van der Waals surface area contributed by atoms with Crippen LogP contribution in [0.25, 0.3) is 0 Å². The van der Waals surface area contributed by atoms with E-state index in [1.165, 1.54) is 11.3 Å². The summed E-state index contributed by atoms with van der Waals surface area (Å²) in [6, 6.07) is 12.8. The number of furan rings is 1. The van der Waals surface area contributed by atoms with Crippen molar-refractivity contribution < 1.29 is 4.42 Å². The lowest BCUT2D eigenvalue weighted by molar-refractivity contribution is 0.420. The first kappa shape index (κ1) is 18.6. The second-order valence-electron chi connectivity index (χ2n) is 6.57. The maximum atomic E-state index is 5.89. The number of nitrogens with zero attached hydrogens (tertiary/aromatic N) is 3. The Morgan fingerprint density at radius 1 is 1.12 bits per heavy atom. The number of hydrogen-bond acceptors (Lipinski definition) is 4. The Bertz CT molecular complexity index is 691. The number of rotatable bonds is 5. The van der Waals surface area contributed by atoms with Gasteiger partial charge in [-0.1, -0.05) is 17.7 Å². The monoisotopic (exact) mass is 347 g/mol. The van der Waals surface area contributed by atoms with Gasteiger partial charge in [0.25, 0.3) is 0 Å². The fourth-order valence-electron chi connectivity index (χ4n) is 2.87. The largest absolute Gasteiger partial charge is 0.464 e. The predicted molar refractivity (Wildman–Crippen MR) is 102 cm³/mol. The standard InChI is InChI=1S/C19H25N3O.ClH/c1-14-5-8-17(9-6-14)22-18(19-10-7-15(2)23-19)13-16(20-22)11-12-21(3)4;/h5-10,18H,11-13H2,1-4H3;1H. The highest BCUT2D eigenvalue weighted by atomic mass is 35.5. The molecule has 4 nitrogen and oxygen atoms in total. The van der Waals surface area contributed by atoms with Gasteiger partial charge in [-0.05, 0) is 52.2 Å². The molecule has 0 saturated heterocycles. The molecule has 0 bridgehead atoms. The van der Waals surface area contributed by atoms with Crippen LogP contribution >= 0.6 is 12.4 Å². The van der Waals surface area contributed by atoms with Crippen LogP contribution in [0.3, 0.4) is 0 Å². The summed E-state index contributed by atoms with van der Waals surface area (Å²) in [5.74, 6) is 1.94. The highest BCUT2D eigenvalue weighted by Gasteiger charge is 2.31. The molecule has 0 N–H and O–H groups in total. The van der Waals surface area contributed by atoms with E-state index in [0.717, 1.165) is 36.6 Å². The Labute approximate surface area is 150 Å². The quantitative estimate of drug-likeness (QED) is 0.793. The molecule has 0 radical (unpaired) electrons. The number of anilines is 1. The molecule has 24 heavy (non-hydrogen) atoms. The van der Waals surface area contributed by atoms with Crippen molar-refractivity contribution in [2.24, 2.45) is 5.10 Å². The molecule has 0 aliphatic carbocycles. The van der Waals surface area contributed by atoms with Gasteiger partial charge in [-0.15, -0.1) is 12.4 Å². The average molecular weight is 348 g/mol. The molecule has 5 heteroatoms. The van der Waals surface area contributed by atoms with E-state index < -0.39 is 0 Å². The van der Waals surface area contributed by atoms with Crippen LogP contribution in [0.15, 0.2) is 45.9 Å². The number of hydrazone groups is 1. The van der Waals surface area contributed by atoms with E-state index in [0.29, 0.717) is 0 Å². The molecule has 0 spiro atoms. The lowest BCUT2D eigenvalue weighted by atomic mass is 10.1. The predicted octanol–water partition coefficient (Wildman–Crippen LogP) is 4.58. The summed E-state index contributed by atoms with van der Waals surface area (Å²) in [6.07, 6.45) is 1.92. The Morgan fingerprint density at radius 2 is 1.83 bits per heavy atom. The highest BCUT2D eigenvalue weighted by molar-refractivity contribution is 5.89. The first-order valence-corrected chi connectivity index (χ1v) is 8.16. The van der Waals surface area contributed by atoms with Crippen molar-refractivity contribution in [3.8, 4) is 0 Å². The van der Waals surface area contributed by atoms with Crippen LogP contribution in [0.1, 0.15) is 36.0 Å². The molecule has 0 fully saturated rings. The molecule has 1 aliphatic rings. The molecular weight excluding hydrogens is 322 g/mol. The molecule has 130 valence electrons. The minimum absolute atomic E-state index is 0. The van der Waals surface area contributed by atoms with E-state index in [4.69, 9.17) is 9.52 Å². The van der Waals surface area contributed by atoms with E-state index in [9.17, 15) is 0 Å². The Hall–Kier alpha value is -1.78.